The molecule has 1 aliphatic rings. The number of anilines is 1. The van der Waals surface area contributed by atoms with Gasteiger partial charge >= 0.3 is 0 Å². The summed E-state index contributed by atoms with van der Waals surface area (Å²) in [6.07, 6.45) is 1.68. The first-order chi connectivity index (χ1) is 15.4. The Morgan fingerprint density at radius 1 is 1.06 bits per heavy atom. The average Bonchev–Trinajstić information content (AvgIpc) is 3.39. The van der Waals surface area contributed by atoms with Gasteiger partial charge in [0.05, 0.1) is 19.0 Å². The fraction of sp³-hybridized carbons (Fsp3) is 0.182. The quantitative estimate of drug-likeness (QED) is 0.494. The Labute approximate surface area is 184 Å². The zero-order valence-electron chi connectivity index (χ0n) is 17.6. The first kappa shape index (κ1) is 20.1. The van der Waals surface area contributed by atoms with Crippen molar-refractivity contribution in [3.63, 3.8) is 0 Å². The van der Waals surface area contributed by atoms with Crippen molar-refractivity contribution in [1.29, 1.82) is 0 Å². The van der Waals surface area contributed by atoms with Crippen molar-refractivity contribution in [2.75, 3.05) is 18.6 Å². The fourth-order valence-electron chi connectivity index (χ4n) is 3.70. The van der Waals surface area contributed by atoms with Gasteiger partial charge in [0.25, 0.3) is 10.0 Å². The highest BCUT2D eigenvalue weighted by Crippen LogP contribution is 2.36. The largest absolute Gasteiger partial charge is 0.495 e. The van der Waals surface area contributed by atoms with Gasteiger partial charge in [-0.05, 0) is 49.7 Å². The lowest BCUT2D eigenvalue weighted by Gasteiger charge is -2.13. The van der Waals surface area contributed by atoms with E-state index in [2.05, 4.69) is 14.8 Å². The van der Waals surface area contributed by atoms with E-state index in [0.717, 1.165) is 17.0 Å². The van der Waals surface area contributed by atoms with Crippen molar-refractivity contribution in [3.8, 4) is 28.4 Å². The third kappa shape index (κ3) is 3.38. The first-order valence-electron chi connectivity index (χ1n) is 9.78. The standard InChI is InChI=1S/C22H20N4O5S/c1-13-8-14(2)26-22(24-13)17(11-23-26)15-4-6-19(29-3)21(9-15)32(27,28)25-16-5-7-18-20(10-16)31-12-30-18/h4-11,25H,12H2,1-3H3. The molecule has 1 aliphatic heterocycles. The van der Waals surface area contributed by atoms with Crippen molar-refractivity contribution < 1.29 is 22.6 Å². The molecular weight excluding hydrogens is 432 g/mol. The van der Waals surface area contributed by atoms with Gasteiger partial charge in [0.15, 0.2) is 17.1 Å². The number of benzene rings is 2. The number of nitrogens with zero attached hydrogens (tertiary/aromatic N) is 3. The molecule has 32 heavy (non-hydrogen) atoms. The Bertz CT molecular complexity index is 1460. The van der Waals surface area contributed by atoms with Crippen molar-refractivity contribution in [2.45, 2.75) is 18.7 Å². The van der Waals surface area contributed by atoms with Gasteiger partial charge in [-0.3, -0.25) is 4.72 Å². The molecule has 0 aliphatic carbocycles. The zero-order chi connectivity index (χ0) is 22.5. The maximum Gasteiger partial charge on any atom is 0.265 e. The summed E-state index contributed by atoms with van der Waals surface area (Å²) in [6.45, 7) is 3.95. The van der Waals surface area contributed by atoms with E-state index in [0.29, 0.717) is 28.4 Å². The minimum atomic E-state index is -3.98. The van der Waals surface area contributed by atoms with Crippen molar-refractivity contribution in [1.82, 2.24) is 14.6 Å². The van der Waals surface area contributed by atoms with E-state index in [9.17, 15) is 8.42 Å². The normalized spacial score (nSPS) is 12.8. The molecule has 9 nitrogen and oxygen atoms in total. The molecule has 0 fully saturated rings. The molecule has 1 N–H and O–H groups in total. The molecule has 0 spiro atoms. The maximum atomic E-state index is 13.3. The second kappa shape index (κ2) is 7.41. The number of hydrogen-bond acceptors (Lipinski definition) is 7. The van der Waals surface area contributed by atoms with E-state index in [1.165, 1.54) is 7.11 Å². The van der Waals surface area contributed by atoms with Gasteiger partial charge in [0, 0.05) is 23.0 Å². The highest BCUT2D eigenvalue weighted by molar-refractivity contribution is 7.92. The smallest absolute Gasteiger partial charge is 0.265 e. The molecule has 164 valence electrons. The number of nitrogens with one attached hydrogen (secondary N) is 1. The number of ether oxygens (including phenoxy) is 3. The summed E-state index contributed by atoms with van der Waals surface area (Å²) in [6, 6.07) is 11.8. The lowest BCUT2D eigenvalue weighted by molar-refractivity contribution is 0.174. The van der Waals surface area contributed by atoms with Crippen molar-refractivity contribution >= 4 is 21.4 Å². The molecule has 2 aromatic heterocycles. The molecule has 5 rings (SSSR count). The topological polar surface area (TPSA) is 104 Å². The SMILES string of the molecule is COc1ccc(-c2cnn3c(C)cc(C)nc23)cc1S(=O)(=O)Nc1ccc2c(c1)OCO2. The predicted octanol–water partition coefficient (Wildman–Crippen LogP) is 3.55. The van der Waals surface area contributed by atoms with Crippen LogP contribution in [0.5, 0.6) is 17.2 Å². The van der Waals surface area contributed by atoms with Crippen LogP contribution in [0.2, 0.25) is 0 Å². The van der Waals surface area contributed by atoms with Gasteiger partial charge in [-0.1, -0.05) is 6.07 Å². The van der Waals surface area contributed by atoms with Crippen LogP contribution in [0.1, 0.15) is 11.4 Å². The Kier molecular flexibility index (Phi) is 4.66. The third-order valence-electron chi connectivity index (χ3n) is 5.17. The Balaban J connectivity index is 1.58. The van der Waals surface area contributed by atoms with Crippen LogP contribution in [-0.4, -0.2) is 36.9 Å². The Morgan fingerprint density at radius 2 is 1.88 bits per heavy atom. The van der Waals surface area contributed by atoms with E-state index in [4.69, 9.17) is 14.2 Å². The molecular formula is C22H20N4O5S. The molecule has 0 saturated heterocycles. The van der Waals surface area contributed by atoms with Crippen molar-refractivity contribution in [3.05, 3.63) is 60.0 Å². The zero-order valence-corrected chi connectivity index (χ0v) is 18.4. The number of rotatable bonds is 5. The number of sulfonamides is 1. The van der Waals surface area contributed by atoms with Crippen LogP contribution in [-0.2, 0) is 10.0 Å². The van der Waals surface area contributed by atoms with E-state index in [-0.39, 0.29) is 17.4 Å². The van der Waals surface area contributed by atoms with E-state index in [1.807, 2.05) is 19.9 Å². The lowest BCUT2D eigenvalue weighted by Crippen LogP contribution is -2.14. The van der Waals surface area contributed by atoms with Gasteiger partial charge < -0.3 is 14.2 Å². The summed E-state index contributed by atoms with van der Waals surface area (Å²) < 4.78 is 46.8. The number of methoxy groups -OCH3 is 1. The Hall–Kier alpha value is -3.79. The summed E-state index contributed by atoms with van der Waals surface area (Å²) in [4.78, 5) is 4.59. The summed E-state index contributed by atoms with van der Waals surface area (Å²) in [5, 5.41) is 4.40. The number of hydrogen-bond donors (Lipinski definition) is 1. The van der Waals surface area contributed by atoms with Crippen LogP contribution in [0.25, 0.3) is 16.8 Å². The number of aryl methyl sites for hydroxylation is 2. The van der Waals surface area contributed by atoms with Crippen LogP contribution in [0.4, 0.5) is 5.69 Å². The molecule has 0 radical (unpaired) electrons. The van der Waals surface area contributed by atoms with Crippen LogP contribution in [0.15, 0.2) is 53.6 Å². The van der Waals surface area contributed by atoms with Gasteiger partial charge in [0.2, 0.25) is 6.79 Å². The molecule has 2 aromatic carbocycles. The van der Waals surface area contributed by atoms with Gasteiger partial charge in [0.1, 0.15) is 10.6 Å². The summed E-state index contributed by atoms with van der Waals surface area (Å²) in [5.41, 5.74) is 4.17. The van der Waals surface area contributed by atoms with Gasteiger partial charge in [-0.15, -0.1) is 0 Å². The number of fused-ring (bicyclic) bond motifs is 2. The lowest BCUT2D eigenvalue weighted by atomic mass is 10.1. The van der Waals surface area contributed by atoms with E-state index < -0.39 is 10.0 Å². The third-order valence-corrected chi connectivity index (χ3v) is 6.57. The predicted molar refractivity (Wildman–Crippen MR) is 118 cm³/mol. The second-order valence-electron chi connectivity index (χ2n) is 7.37. The minimum Gasteiger partial charge on any atom is -0.495 e. The van der Waals surface area contributed by atoms with Crippen LogP contribution < -0.4 is 18.9 Å². The molecule has 0 unspecified atom stereocenters. The van der Waals surface area contributed by atoms with E-state index in [1.54, 1.807) is 47.1 Å². The van der Waals surface area contributed by atoms with Crippen LogP contribution in [0, 0.1) is 13.8 Å². The van der Waals surface area contributed by atoms with E-state index >= 15 is 0 Å². The highest BCUT2D eigenvalue weighted by atomic mass is 32.2. The molecule has 0 atom stereocenters. The molecule has 10 heteroatoms. The maximum absolute atomic E-state index is 13.3. The van der Waals surface area contributed by atoms with Crippen LogP contribution >= 0.6 is 0 Å². The average molecular weight is 452 g/mol. The monoisotopic (exact) mass is 452 g/mol. The molecule has 3 heterocycles. The number of aromatic nitrogens is 3. The first-order valence-corrected chi connectivity index (χ1v) is 11.3. The molecule has 0 amide bonds. The molecule has 0 saturated carbocycles. The minimum absolute atomic E-state index is 0.00103. The van der Waals surface area contributed by atoms with Crippen LogP contribution in [0.3, 0.4) is 0 Å². The van der Waals surface area contributed by atoms with Gasteiger partial charge in [-0.25, -0.2) is 17.9 Å². The second-order valence-corrected chi connectivity index (χ2v) is 9.02. The summed E-state index contributed by atoms with van der Waals surface area (Å²) in [7, 11) is -2.55. The Morgan fingerprint density at radius 3 is 2.69 bits per heavy atom. The van der Waals surface area contributed by atoms with Gasteiger partial charge in [-0.2, -0.15) is 5.10 Å². The molecule has 4 aromatic rings. The summed E-state index contributed by atoms with van der Waals surface area (Å²) in [5.74, 6) is 1.27. The fourth-order valence-corrected chi connectivity index (χ4v) is 4.94. The molecule has 0 bridgehead atoms. The van der Waals surface area contributed by atoms with Crippen molar-refractivity contribution in [2.24, 2.45) is 0 Å². The highest BCUT2D eigenvalue weighted by Gasteiger charge is 2.23. The summed E-state index contributed by atoms with van der Waals surface area (Å²) >= 11 is 0.